The summed E-state index contributed by atoms with van der Waals surface area (Å²) in [5.41, 5.74) is 7.25. The van der Waals surface area contributed by atoms with Crippen LogP contribution in [0.5, 0.6) is 0 Å². The van der Waals surface area contributed by atoms with E-state index in [0.29, 0.717) is 17.4 Å². The summed E-state index contributed by atoms with van der Waals surface area (Å²) in [4.78, 5) is 8.59. The minimum Gasteiger partial charge on any atom is -0.378 e. The molecule has 5 rings (SSSR count). The van der Waals surface area contributed by atoms with Crippen molar-refractivity contribution in [3.05, 3.63) is 82.8 Å². The number of fused-ring (bicyclic) bond motifs is 1. The van der Waals surface area contributed by atoms with E-state index < -0.39 is 0 Å². The lowest BCUT2D eigenvalue weighted by molar-refractivity contribution is 0.424. The Bertz CT molecular complexity index is 1240. The van der Waals surface area contributed by atoms with Crippen LogP contribution in [0.4, 0.5) is 11.4 Å². The van der Waals surface area contributed by atoms with Crippen LogP contribution < -0.4 is 9.80 Å². The molecule has 2 heterocycles. The number of hydrogen-bond donors (Lipinski definition) is 1. The van der Waals surface area contributed by atoms with Crippen LogP contribution in [0.2, 0.25) is 0 Å². The second-order valence-electron chi connectivity index (χ2n) is 8.98. The van der Waals surface area contributed by atoms with Crippen molar-refractivity contribution >= 4 is 17.5 Å². The first-order valence-electron chi connectivity index (χ1n) is 11.0. The van der Waals surface area contributed by atoms with Gasteiger partial charge < -0.3 is 14.3 Å². The predicted molar refractivity (Wildman–Crippen MR) is 132 cm³/mol. The molecule has 0 fully saturated rings. The van der Waals surface area contributed by atoms with Gasteiger partial charge in [0.1, 0.15) is 0 Å². The molecule has 0 saturated carbocycles. The van der Waals surface area contributed by atoms with Crippen LogP contribution in [0.15, 0.2) is 59.1 Å². The van der Waals surface area contributed by atoms with E-state index in [1.807, 2.05) is 6.92 Å². The van der Waals surface area contributed by atoms with Crippen molar-refractivity contribution in [2.75, 3.05) is 38.0 Å². The summed E-state index contributed by atoms with van der Waals surface area (Å²) in [6, 6.07) is 17.6. The van der Waals surface area contributed by atoms with Gasteiger partial charge in [0.05, 0.1) is 0 Å². The van der Waals surface area contributed by atoms with Gasteiger partial charge in [0.25, 0.3) is 5.89 Å². The summed E-state index contributed by atoms with van der Waals surface area (Å²) in [7, 11) is 8.23. The second kappa shape index (κ2) is 7.92. The topological polar surface area (TPSA) is 74.1 Å². The van der Waals surface area contributed by atoms with Crippen molar-refractivity contribution in [3.8, 4) is 11.6 Å². The Balaban J connectivity index is 1.62. The largest absolute Gasteiger partial charge is 0.378 e. The van der Waals surface area contributed by atoms with Crippen molar-refractivity contribution in [3.63, 3.8) is 0 Å². The standard InChI is InChI=1S/C26H28N6O/c1-17-27-25(33-30-17)24-22-14-15-26(16-23(22)28-29-24,18-6-10-20(11-7-18)31(2)3)19-8-12-21(13-9-19)32(4)5/h6-15H,16H2,1-5H3,(H,28,29). The fourth-order valence-corrected chi connectivity index (χ4v) is 4.50. The third-order valence-corrected chi connectivity index (χ3v) is 6.40. The van der Waals surface area contributed by atoms with Gasteiger partial charge in [0.15, 0.2) is 11.5 Å². The van der Waals surface area contributed by atoms with Gasteiger partial charge in [-0.3, -0.25) is 5.10 Å². The molecule has 2 aromatic carbocycles. The molecule has 0 amide bonds. The molecule has 7 heteroatoms. The zero-order chi connectivity index (χ0) is 23.2. The van der Waals surface area contributed by atoms with Gasteiger partial charge in [0.2, 0.25) is 0 Å². The van der Waals surface area contributed by atoms with E-state index in [-0.39, 0.29) is 5.41 Å². The fourth-order valence-electron chi connectivity index (χ4n) is 4.50. The zero-order valence-electron chi connectivity index (χ0n) is 19.6. The molecule has 1 aliphatic carbocycles. The number of rotatable bonds is 5. The van der Waals surface area contributed by atoms with Crippen molar-refractivity contribution in [2.24, 2.45) is 0 Å². The number of hydrogen-bond acceptors (Lipinski definition) is 6. The molecular weight excluding hydrogens is 412 g/mol. The number of benzene rings is 2. The third kappa shape index (κ3) is 3.59. The molecule has 0 aliphatic heterocycles. The maximum absolute atomic E-state index is 5.38. The molecule has 0 unspecified atom stereocenters. The lowest BCUT2D eigenvalue weighted by Gasteiger charge is -2.35. The summed E-state index contributed by atoms with van der Waals surface area (Å²) in [5, 5.41) is 11.7. The van der Waals surface area contributed by atoms with Crippen LogP contribution in [0.25, 0.3) is 17.7 Å². The molecule has 0 saturated heterocycles. The first-order valence-corrected chi connectivity index (χ1v) is 11.0. The van der Waals surface area contributed by atoms with Gasteiger partial charge in [-0.1, -0.05) is 41.6 Å². The Kier molecular flexibility index (Phi) is 5.04. The number of nitrogens with one attached hydrogen (secondary N) is 1. The minimum absolute atomic E-state index is 0.322. The minimum atomic E-state index is -0.322. The van der Waals surface area contributed by atoms with E-state index in [1.165, 1.54) is 22.5 Å². The molecule has 168 valence electrons. The fraction of sp³-hybridized carbons (Fsp3) is 0.269. The first kappa shape index (κ1) is 21.0. The third-order valence-electron chi connectivity index (χ3n) is 6.40. The highest BCUT2D eigenvalue weighted by molar-refractivity contribution is 5.73. The van der Waals surface area contributed by atoms with Gasteiger partial charge in [-0.15, -0.1) is 0 Å². The van der Waals surface area contributed by atoms with Gasteiger partial charge >= 0.3 is 0 Å². The molecule has 33 heavy (non-hydrogen) atoms. The van der Waals surface area contributed by atoms with Gasteiger partial charge in [-0.2, -0.15) is 10.1 Å². The summed E-state index contributed by atoms with van der Waals surface area (Å²) in [6.45, 7) is 1.81. The highest BCUT2D eigenvalue weighted by Crippen LogP contribution is 2.43. The molecule has 1 aliphatic rings. The average molecular weight is 441 g/mol. The Morgan fingerprint density at radius 1 is 0.879 bits per heavy atom. The summed E-state index contributed by atoms with van der Waals surface area (Å²) < 4.78 is 5.38. The van der Waals surface area contributed by atoms with E-state index in [0.717, 1.165) is 17.7 Å². The van der Waals surface area contributed by atoms with Gasteiger partial charge in [-0.25, -0.2) is 0 Å². The predicted octanol–water partition coefficient (Wildman–Crippen LogP) is 4.46. The molecular formula is C26H28N6O. The normalized spacial score (nSPS) is 14.2. The smallest absolute Gasteiger partial charge is 0.279 e. The Morgan fingerprint density at radius 3 is 1.94 bits per heavy atom. The Labute approximate surface area is 193 Å². The number of aromatic amines is 1. The van der Waals surface area contributed by atoms with Crippen LogP contribution in [-0.2, 0) is 11.8 Å². The van der Waals surface area contributed by atoms with E-state index in [9.17, 15) is 0 Å². The van der Waals surface area contributed by atoms with Crippen molar-refractivity contribution in [2.45, 2.75) is 18.8 Å². The second-order valence-corrected chi connectivity index (χ2v) is 8.98. The molecule has 0 atom stereocenters. The summed E-state index contributed by atoms with van der Waals surface area (Å²) >= 11 is 0. The monoisotopic (exact) mass is 440 g/mol. The molecule has 0 radical (unpaired) electrons. The highest BCUT2D eigenvalue weighted by atomic mass is 16.5. The van der Waals surface area contributed by atoms with Gasteiger partial charge in [-0.05, 0) is 42.3 Å². The SMILES string of the molecule is Cc1noc(-c2n[nH]c3c2C=CC(c2ccc(N(C)C)cc2)(c2ccc(N(C)C)cc2)C3)n1. The number of anilines is 2. The van der Waals surface area contributed by atoms with Gasteiger partial charge in [0, 0.05) is 62.7 Å². The van der Waals surface area contributed by atoms with Crippen LogP contribution >= 0.6 is 0 Å². The first-order chi connectivity index (χ1) is 15.9. The molecule has 0 spiro atoms. The quantitative estimate of drug-likeness (QED) is 0.494. The lowest BCUT2D eigenvalue weighted by Crippen LogP contribution is -2.30. The van der Waals surface area contributed by atoms with Crippen LogP contribution in [0.3, 0.4) is 0 Å². The molecule has 7 nitrogen and oxygen atoms in total. The van der Waals surface area contributed by atoms with Crippen molar-refractivity contribution in [1.82, 2.24) is 20.3 Å². The Hall–Kier alpha value is -3.87. The van der Waals surface area contributed by atoms with Crippen LogP contribution in [0.1, 0.15) is 28.2 Å². The zero-order valence-corrected chi connectivity index (χ0v) is 19.6. The number of H-pyrrole nitrogens is 1. The molecule has 1 N–H and O–H groups in total. The molecule has 0 bridgehead atoms. The summed E-state index contributed by atoms with van der Waals surface area (Å²) in [6.07, 6.45) is 5.17. The van der Waals surface area contributed by atoms with E-state index in [2.05, 4.69) is 119 Å². The van der Waals surface area contributed by atoms with E-state index >= 15 is 0 Å². The number of aryl methyl sites for hydroxylation is 1. The van der Waals surface area contributed by atoms with E-state index in [1.54, 1.807) is 0 Å². The molecule has 2 aromatic heterocycles. The van der Waals surface area contributed by atoms with Crippen LogP contribution in [-0.4, -0.2) is 48.5 Å². The average Bonchev–Trinajstić information content (AvgIpc) is 3.44. The van der Waals surface area contributed by atoms with E-state index in [4.69, 9.17) is 4.52 Å². The lowest BCUT2D eigenvalue weighted by atomic mass is 9.68. The summed E-state index contributed by atoms with van der Waals surface area (Å²) in [5.74, 6) is 1.03. The van der Waals surface area contributed by atoms with Crippen molar-refractivity contribution < 1.29 is 4.52 Å². The van der Waals surface area contributed by atoms with Crippen LogP contribution in [0, 0.1) is 6.92 Å². The maximum atomic E-state index is 5.38. The number of nitrogens with zero attached hydrogens (tertiary/aromatic N) is 5. The number of aromatic nitrogens is 4. The highest BCUT2D eigenvalue weighted by Gasteiger charge is 2.37. The Morgan fingerprint density at radius 2 is 1.45 bits per heavy atom. The maximum Gasteiger partial charge on any atom is 0.279 e. The van der Waals surface area contributed by atoms with Crippen molar-refractivity contribution in [1.29, 1.82) is 0 Å². The number of allylic oxidation sites excluding steroid dienone is 1. The molecule has 4 aromatic rings.